The first-order chi connectivity index (χ1) is 11.5. The summed E-state index contributed by atoms with van der Waals surface area (Å²) in [4.78, 5) is 36.1. The number of carbonyl (C=O) groups is 1. The van der Waals surface area contributed by atoms with E-state index in [1.54, 1.807) is 23.1 Å². The molecule has 7 heteroatoms. The third-order valence-electron chi connectivity index (χ3n) is 4.57. The third kappa shape index (κ3) is 3.52. The highest BCUT2D eigenvalue weighted by Gasteiger charge is 2.22. The van der Waals surface area contributed by atoms with Gasteiger partial charge >= 0.3 is 0 Å². The molecule has 1 fully saturated rings. The number of hydrogen-bond acceptors (Lipinski definition) is 5. The Balaban J connectivity index is 1.69. The van der Waals surface area contributed by atoms with E-state index in [0.717, 1.165) is 41.2 Å². The molecule has 0 bridgehead atoms. The number of aromatic nitrogens is 2. The number of thioether (sulfide) groups is 1. The summed E-state index contributed by atoms with van der Waals surface area (Å²) in [6, 6.07) is 0. The number of piperidine rings is 1. The molecular formula is C17H23N3O2S2. The molecule has 2 aromatic heterocycles. The summed E-state index contributed by atoms with van der Waals surface area (Å²) < 4.78 is 0. The lowest BCUT2D eigenvalue weighted by Crippen LogP contribution is -2.40. The van der Waals surface area contributed by atoms with E-state index in [-0.39, 0.29) is 16.7 Å². The van der Waals surface area contributed by atoms with Crippen LogP contribution >= 0.6 is 23.1 Å². The zero-order valence-electron chi connectivity index (χ0n) is 14.3. The van der Waals surface area contributed by atoms with Gasteiger partial charge in [0.05, 0.1) is 16.4 Å². The summed E-state index contributed by atoms with van der Waals surface area (Å²) in [5, 5.41) is 0.583. The van der Waals surface area contributed by atoms with Crippen LogP contribution in [0.15, 0.2) is 4.79 Å². The normalized spacial score (nSPS) is 16.5. The van der Waals surface area contributed by atoms with Crippen molar-refractivity contribution in [1.82, 2.24) is 14.9 Å². The summed E-state index contributed by atoms with van der Waals surface area (Å²) in [5.74, 6) is 1.39. The van der Waals surface area contributed by atoms with E-state index in [1.807, 2.05) is 25.7 Å². The highest BCUT2D eigenvalue weighted by molar-refractivity contribution is 7.99. The van der Waals surface area contributed by atoms with Gasteiger partial charge in [-0.15, -0.1) is 23.1 Å². The molecule has 0 aromatic carbocycles. The molecule has 0 aliphatic carbocycles. The number of nitrogens with one attached hydrogen (secondary N) is 1. The van der Waals surface area contributed by atoms with Crippen LogP contribution in [0.1, 0.15) is 42.5 Å². The first kappa shape index (κ1) is 17.5. The fourth-order valence-corrected chi connectivity index (χ4v) is 4.90. The van der Waals surface area contributed by atoms with Gasteiger partial charge in [0.15, 0.2) is 0 Å². The Morgan fingerprint density at radius 2 is 2.04 bits per heavy atom. The van der Waals surface area contributed by atoms with E-state index < -0.39 is 0 Å². The molecule has 0 radical (unpaired) electrons. The van der Waals surface area contributed by atoms with Gasteiger partial charge in [0, 0.05) is 18.0 Å². The standard InChI is InChI=1S/C17H23N3O2S2/c1-10-11(2)24-16-14(10)15(21)18-13(19-16)9-23-12(3)17(22)20-7-5-4-6-8-20/h12H,4-9H2,1-3H3,(H,18,19,21)/t12-/m0/s1. The molecule has 1 N–H and O–H groups in total. The number of thiophene rings is 1. The lowest BCUT2D eigenvalue weighted by Gasteiger charge is -2.29. The molecule has 0 spiro atoms. The Hall–Kier alpha value is -1.34. The van der Waals surface area contributed by atoms with Crippen LogP contribution in [0.2, 0.25) is 0 Å². The average Bonchev–Trinajstić information content (AvgIpc) is 2.87. The largest absolute Gasteiger partial charge is 0.342 e. The Kier molecular flexibility index (Phi) is 5.30. The number of aryl methyl sites for hydroxylation is 2. The summed E-state index contributed by atoms with van der Waals surface area (Å²) >= 11 is 3.10. The number of amides is 1. The Morgan fingerprint density at radius 1 is 1.33 bits per heavy atom. The Bertz CT molecular complexity index is 806. The molecule has 1 aliphatic rings. The van der Waals surface area contributed by atoms with Crippen molar-refractivity contribution in [3.8, 4) is 0 Å². The molecule has 0 saturated carbocycles. The summed E-state index contributed by atoms with van der Waals surface area (Å²) in [6.07, 6.45) is 3.42. The van der Waals surface area contributed by atoms with Gasteiger partial charge in [-0.25, -0.2) is 4.98 Å². The highest BCUT2D eigenvalue weighted by Crippen LogP contribution is 2.27. The van der Waals surface area contributed by atoms with E-state index in [9.17, 15) is 9.59 Å². The van der Waals surface area contributed by atoms with Gasteiger partial charge in [-0.1, -0.05) is 0 Å². The minimum atomic E-state index is -0.115. The molecule has 1 aliphatic heterocycles. The molecule has 130 valence electrons. The summed E-state index contributed by atoms with van der Waals surface area (Å²) in [6.45, 7) is 7.66. The van der Waals surface area contributed by atoms with Crippen LogP contribution in [0.4, 0.5) is 0 Å². The van der Waals surface area contributed by atoms with Crippen LogP contribution in [-0.4, -0.2) is 39.1 Å². The van der Waals surface area contributed by atoms with Crippen molar-refractivity contribution >= 4 is 39.2 Å². The molecule has 1 atom stereocenters. The van der Waals surface area contributed by atoms with Gasteiger partial charge in [0.25, 0.3) is 5.56 Å². The van der Waals surface area contributed by atoms with E-state index in [2.05, 4.69) is 9.97 Å². The third-order valence-corrected chi connectivity index (χ3v) is 6.82. The molecular weight excluding hydrogens is 342 g/mol. The van der Waals surface area contributed by atoms with E-state index in [4.69, 9.17) is 0 Å². The van der Waals surface area contributed by atoms with Gasteiger partial charge in [-0.2, -0.15) is 0 Å². The number of nitrogens with zero attached hydrogens (tertiary/aromatic N) is 2. The van der Waals surface area contributed by atoms with E-state index in [1.165, 1.54) is 6.42 Å². The van der Waals surface area contributed by atoms with E-state index in [0.29, 0.717) is 17.0 Å². The number of fused-ring (bicyclic) bond motifs is 1. The van der Waals surface area contributed by atoms with Crippen molar-refractivity contribution in [3.63, 3.8) is 0 Å². The van der Waals surface area contributed by atoms with Crippen LogP contribution in [0.25, 0.3) is 10.2 Å². The lowest BCUT2D eigenvalue weighted by molar-refractivity contribution is -0.131. The molecule has 1 saturated heterocycles. The lowest BCUT2D eigenvalue weighted by atomic mass is 10.1. The predicted molar refractivity (Wildman–Crippen MR) is 101 cm³/mol. The first-order valence-electron chi connectivity index (χ1n) is 8.36. The predicted octanol–water partition coefficient (Wildman–Crippen LogP) is 3.24. The molecule has 24 heavy (non-hydrogen) atoms. The molecule has 1 amide bonds. The van der Waals surface area contributed by atoms with Crippen molar-refractivity contribution in [3.05, 3.63) is 26.6 Å². The Morgan fingerprint density at radius 3 is 2.75 bits per heavy atom. The zero-order chi connectivity index (χ0) is 17.3. The van der Waals surface area contributed by atoms with Gasteiger partial charge in [0.2, 0.25) is 5.91 Å². The topological polar surface area (TPSA) is 66.1 Å². The van der Waals surface area contributed by atoms with Crippen LogP contribution in [-0.2, 0) is 10.5 Å². The molecule has 3 rings (SSSR count). The van der Waals surface area contributed by atoms with Gasteiger partial charge in [-0.05, 0) is 45.6 Å². The van der Waals surface area contributed by atoms with Crippen molar-refractivity contribution in [2.75, 3.05) is 13.1 Å². The van der Waals surface area contributed by atoms with Crippen molar-refractivity contribution < 1.29 is 4.79 Å². The van der Waals surface area contributed by atoms with Crippen LogP contribution in [0.5, 0.6) is 0 Å². The molecule has 3 heterocycles. The quantitative estimate of drug-likeness (QED) is 0.903. The fourth-order valence-electron chi connectivity index (χ4n) is 3.01. The second kappa shape index (κ2) is 7.27. The van der Waals surface area contributed by atoms with Gasteiger partial charge in [-0.3, -0.25) is 9.59 Å². The maximum atomic E-state index is 12.5. The SMILES string of the molecule is Cc1sc2nc(CS[C@@H](C)C(=O)N3CCCCC3)[nH]c(=O)c2c1C. The number of aromatic amines is 1. The van der Waals surface area contributed by atoms with Crippen LogP contribution in [0, 0.1) is 13.8 Å². The van der Waals surface area contributed by atoms with Crippen molar-refractivity contribution in [2.45, 2.75) is 51.0 Å². The maximum absolute atomic E-state index is 12.5. The van der Waals surface area contributed by atoms with E-state index >= 15 is 0 Å². The zero-order valence-corrected chi connectivity index (χ0v) is 16.0. The van der Waals surface area contributed by atoms with Crippen LogP contribution in [0.3, 0.4) is 0 Å². The highest BCUT2D eigenvalue weighted by atomic mass is 32.2. The van der Waals surface area contributed by atoms with Gasteiger partial charge < -0.3 is 9.88 Å². The van der Waals surface area contributed by atoms with Gasteiger partial charge in [0.1, 0.15) is 10.7 Å². The first-order valence-corrected chi connectivity index (χ1v) is 10.2. The number of carbonyl (C=O) groups excluding carboxylic acids is 1. The molecule has 5 nitrogen and oxygen atoms in total. The second-order valence-corrected chi connectivity index (χ2v) is 8.85. The van der Waals surface area contributed by atoms with Crippen molar-refractivity contribution in [2.24, 2.45) is 0 Å². The van der Waals surface area contributed by atoms with Crippen molar-refractivity contribution in [1.29, 1.82) is 0 Å². The number of H-pyrrole nitrogens is 1. The smallest absolute Gasteiger partial charge is 0.259 e. The monoisotopic (exact) mass is 365 g/mol. The number of hydrogen-bond donors (Lipinski definition) is 1. The Labute approximate surface area is 149 Å². The maximum Gasteiger partial charge on any atom is 0.259 e. The number of rotatable bonds is 4. The minimum absolute atomic E-state index is 0.0764. The number of likely N-dealkylation sites (tertiary alicyclic amines) is 1. The fraction of sp³-hybridized carbons (Fsp3) is 0.588. The average molecular weight is 366 g/mol. The summed E-state index contributed by atoms with van der Waals surface area (Å²) in [7, 11) is 0. The molecule has 2 aromatic rings. The van der Waals surface area contributed by atoms with Crippen LogP contribution < -0.4 is 5.56 Å². The molecule has 0 unspecified atom stereocenters. The minimum Gasteiger partial charge on any atom is -0.342 e. The second-order valence-electron chi connectivity index (χ2n) is 6.32. The summed E-state index contributed by atoms with van der Waals surface area (Å²) in [5.41, 5.74) is 0.934.